The zero-order valence-corrected chi connectivity index (χ0v) is 9.29. The number of hydrazine groups is 1. The number of amides is 2. The van der Waals surface area contributed by atoms with Crippen LogP contribution in [0.15, 0.2) is 23.6 Å². The van der Waals surface area contributed by atoms with Gasteiger partial charge >= 0.3 is 6.03 Å². The molecule has 0 radical (unpaired) electrons. The number of Topliss-reactive ketones (excluding diaryl/α,β-unsaturated/α-hetero) is 1. The molecule has 0 aromatic heterocycles. The van der Waals surface area contributed by atoms with Crippen LogP contribution in [0.3, 0.4) is 0 Å². The van der Waals surface area contributed by atoms with Crippen molar-refractivity contribution in [1.82, 2.24) is 16.2 Å². The van der Waals surface area contributed by atoms with Gasteiger partial charge in [-0.25, -0.2) is 4.79 Å². The number of ether oxygens (including phenoxy) is 1. The van der Waals surface area contributed by atoms with Gasteiger partial charge < -0.3 is 15.5 Å². The van der Waals surface area contributed by atoms with Gasteiger partial charge in [0, 0.05) is 18.8 Å². The molecule has 1 aliphatic carbocycles. The Morgan fingerprint density at radius 2 is 2.31 bits per heavy atom. The standard InChI is InChI=1S/C10H15N3O3/c1-11-10(15)13-12-6-7-4-3-5-8(16-2)9(7)14/h5-6,12H,3-4H2,1-2H3,(H2,11,13,15). The summed E-state index contributed by atoms with van der Waals surface area (Å²) in [6, 6.07) is -0.373. The fourth-order valence-electron chi connectivity index (χ4n) is 1.29. The molecule has 16 heavy (non-hydrogen) atoms. The third-order valence-electron chi connectivity index (χ3n) is 2.14. The van der Waals surface area contributed by atoms with E-state index in [0.29, 0.717) is 17.8 Å². The maximum absolute atomic E-state index is 11.7. The monoisotopic (exact) mass is 225 g/mol. The van der Waals surface area contributed by atoms with Crippen LogP contribution in [0.4, 0.5) is 4.79 Å². The van der Waals surface area contributed by atoms with E-state index in [4.69, 9.17) is 4.74 Å². The topological polar surface area (TPSA) is 79.5 Å². The number of methoxy groups -OCH3 is 1. The smallest absolute Gasteiger partial charge is 0.333 e. The molecule has 1 aliphatic rings. The summed E-state index contributed by atoms with van der Waals surface area (Å²) in [6.07, 6.45) is 4.62. The molecule has 0 saturated carbocycles. The lowest BCUT2D eigenvalue weighted by atomic mass is 9.99. The first-order valence-corrected chi connectivity index (χ1v) is 4.90. The van der Waals surface area contributed by atoms with Gasteiger partial charge in [-0.3, -0.25) is 10.2 Å². The summed E-state index contributed by atoms with van der Waals surface area (Å²) in [5, 5.41) is 2.37. The minimum absolute atomic E-state index is 0.153. The Labute approximate surface area is 93.7 Å². The molecule has 6 nitrogen and oxygen atoms in total. The van der Waals surface area contributed by atoms with Crippen LogP contribution < -0.4 is 16.2 Å². The zero-order valence-electron chi connectivity index (χ0n) is 9.29. The highest BCUT2D eigenvalue weighted by atomic mass is 16.5. The van der Waals surface area contributed by atoms with E-state index in [1.54, 1.807) is 6.08 Å². The first kappa shape index (κ1) is 12.1. The summed E-state index contributed by atoms with van der Waals surface area (Å²) >= 11 is 0. The minimum atomic E-state index is -0.373. The van der Waals surface area contributed by atoms with E-state index >= 15 is 0 Å². The van der Waals surface area contributed by atoms with E-state index in [1.165, 1.54) is 20.4 Å². The van der Waals surface area contributed by atoms with Crippen molar-refractivity contribution in [3.05, 3.63) is 23.6 Å². The maximum atomic E-state index is 11.7. The molecule has 0 fully saturated rings. The summed E-state index contributed by atoms with van der Waals surface area (Å²) in [5.74, 6) is 0.194. The van der Waals surface area contributed by atoms with Gasteiger partial charge in [-0.05, 0) is 18.9 Å². The average molecular weight is 225 g/mol. The lowest BCUT2D eigenvalue weighted by molar-refractivity contribution is -0.115. The van der Waals surface area contributed by atoms with Gasteiger partial charge in [-0.1, -0.05) is 0 Å². The lowest BCUT2D eigenvalue weighted by Gasteiger charge is -2.14. The highest BCUT2D eigenvalue weighted by molar-refractivity contribution is 6.07. The van der Waals surface area contributed by atoms with E-state index in [1.807, 2.05) is 0 Å². The number of ketones is 1. The third kappa shape index (κ3) is 3.01. The van der Waals surface area contributed by atoms with Gasteiger partial charge in [0.2, 0.25) is 5.78 Å². The van der Waals surface area contributed by atoms with Crippen LogP contribution in [0, 0.1) is 0 Å². The second-order valence-electron chi connectivity index (χ2n) is 3.16. The van der Waals surface area contributed by atoms with Crippen LogP contribution >= 0.6 is 0 Å². The van der Waals surface area contributed by atoms with Crippen molar-refractivity contribution < 1.29 is 14.3 Å². The quantitative estimate of drug-likeness (QED) is 0.473. The molecule has 0 unspecified atom stereocenters. The van der Waals surface area contributed by atoms with Gasteiger partial charge in [0.25, 0.3) is 0 Å². The molecule has 88 valence electrons. The molecule has 0 aromatic rings. The summed E-state index contributed by atoms with van der Waals surface area (Å²) in [6.45, 7) is 0. The number of hydrogen-bond donors (Lipinski definition) is 3. The zero-order chi connectivity index (χ0) is 12.0. The Hall–Kier alpha value is -1.98. The molecule has 0 atom stereocenters. The van der Waals surface area contributed by atoms with Gasteiger partial charge in [-0.2, -0.15) is 0 Å². The van der Waals surface area contributed by atoms with E-state index in [0.717, 1.165) is 6.42 Å². The van der Waals surface area contributed by atoms with Crippen molar-refractivity contribution in [3.63, 3.8) is 0 Å². The number of carbonyl (C=O) groups excluding carboxylic acids is 2. The number of allylic oxidation sites excluding steroid dienone is 2. The van der Waals surface area contributed by atoms with Gasteiger partial charge in [-0.15, -0.1) is 0 Å². The average Bonchev–Trinajstić information content (AvgIpc) is 2.31. The SMILES string of the molecule is CNC(=O)NNC=C1CCC=C(OC)C1=O. The molecular formula is C10H15N3O3. The molecule has 6 heteroatoms. The number of carbonyl (C=O) groups is 2. The predicted octanol–water partition coefficient (Wildman–Crippen LogP) is 0.197. The van der Waals surface area contributed by atoms with E-state index in [2.05, 4.69) is 16.2 Å². The van der Waals surface area contributed by atoms with Crippen molar-refractivity contribution in [1.29, 1.82) is 0 Å². The second-order valence-corrected chi connectivity index (χ2v) is 3.16. The Kier molecular flexibility index (Phi) is 4.38. The number of nitrogens with one attached hydrogen (secondary N) is 3. The minimum Gasteiger partial charge on any atom is -0.493 e. The molecule has 0 spiro atoms. The molecular weight excluding hydrogens is 210 g/mol. The van der Waals surface area contributed by atoms with Crippen LogP contribution in [-0.2, 0) is 9.53 Å². The number of hydrogen-bond acceptors (Lipinski definition) is 4. The summed E-state index contributed by atoms with van der Waals surface area (Å²) in [7, 11) is 2.96. The summed E-state index contributed by atoms with van der Waals surface area (Å²) < 4.78 is 4.93. The fraction of sp³-hybridized carbons (Fsp3) is 0.400. The molecule has 0 bridgehead atoms. The van der Waals surface area contributed by atoms with Crippen LogP contribution in [0.5, 0.6) is 0 Å². The molecule has 2 amide bonds. The fourth-order valence-corrected chi connectivity index (χ4v) is 1.29. The van der Waals surface area contributed by atoms with E-state index in [9.17, 15) is 9.59 Å². The second kappa shape index (κ2) is 5.79. The molecule has 1 rings (SSSR count). The molecule has 3 N–H and O–H groups in total. The molecule has 0 saturated heterocycles. The Morgan fingerprint density at radius 1 is 1.56 bits per heavy atom. The van der Waals surface area contributed by atoms with Crippen molar-refractivity contribution in [3.8, 4) is 0 Å². The summed E-state index contributed by atoms with van der Waals surface area (Å²) in [4.78, 5) is 22.5. The lowest BCUT2D eigenvalue weighted by Crippen LogP contribution is -2.40. The highest BCUT2D eigenvalue weighted by Gasteiger charge is 2.19. The van der Waals surface area contributed by atoms with Crippen molar-refractivity contribution in [2.45, 2.75) is 12.8 Å². The van der Waals surface area contributed by atoms with Gasteiger partial charge in [0.1, 0.15) is 0 Å². The van der Waals surface area contributed by atoms with Crippen LogP contribution in [0.25, 0.3) is 0 Å². The predicted molar refractivity (Wildman–Crippen MR) is 58.1 cm³/mol. The van der Waals surface area contributed by atoms with E-state index in [-0.39, 0.29) is 11.8 Å². The van der Waals surface area contributed by atoms with Crippen molar-refractivity contribution in [2.24, 2.45) is 0 Å². The van der Waals surface area contributed by atoms with Crippen LogP contribution in [0.1, 0.15) is 12.8 Å². The molecule has 0 aromatic carbocycles. The number of urea groups is 1. The van der Waals surface area contributed by atoms with Crippen LogP contribution in [0.2, 0.25) is 0 Å². The van der Waals surface area contributed by atoms with E-state index < -0.39 is 0 Å². The highest BCUT2D eigenvalue weighted by Crippen LogP contribution is 2.19. The Balaban J connectivity index is 2.54. The number of rotatable bonds is 3. The Bertz CT molecular complexity index is 347. The largest absolute Gasteiger partial charge is 0.493 e. The van der Waals surface area contributed by atoms with Gasteiger partial charge in [0.05, 0.1) is 7.11 Å². The normalized spacial score (nSPS) is 17.8. The molecule has 0 heterocycles. The maximum Gasteiger partial charge on any atom is 0.333 e. The third-order valence-corrected chi connectivity index (χ3v) is 2.14. The first-order valence-electron chi connectivity index (χ1n) is 4.90. The van der Waals surface area contributed by atoms with Gasteiger partial charge in [0.15, 0.2) is 5.76 Å². The Morgan fingerprint density at radius 3 is 2.94 bits per heavy atom. The molecule has 0 aliphatic heterocycles. The van der Waals surface area contributed by atoms with Crippen molar-refractivity contribution in [2.75, 3.05) is 14.2 Å². The first-order chi connectivity index (χ1) is 7.69. The summed E-state index contributed by atoms with van der Waals surface area (Å²) in [5.41, 5.74) is 5.48. The van der Waals surface area contributed by atoms with Crippen LogP contribution in [-0.4, -0.2) is 26.0 Å². The van der Waals surface area contributed by atoms with Crippen molar-refractivity contribution >= 4 is 11.8 Å².